The number of methoxy groups -OCH3 is 1. The number of fused-ring (bicyclic) bond motifs is 3. The predicted molar refractivity (Wildman–Crippen MR) is 104 cm³/mol. The molecule has 148 valence electrons. The van der Waals surface area contributed by atoms with Crippen LogP contribution in [0.3, 0.4) is 0 Å². The van der Waals surface area contributed by atoms with Crippen LogP contribution in [0.4, 0.5) is 10.7 Å². The Morgan fingerprint density at radius 2 is 2.07 bits per heavy atom. The van der Waals surface area contributed by atoms with Crippen molar-refractivity contribution in [1.29, 1.82) is 0 Å². The Balaban J connectivity index is 1.78. The van der Waals surface area contributed by atoms with Crippen molar-refractivity contribution < 1.29 is 14.3 Å². The predicted octanol–water partition coefficient (Wildman–Crippen LogP) is 2.94. The monoisotopic (exact) mass is 384 g/mol. The van der Waals surface area contributed by atoms with Crippen LogP contribution in [0.5, 0.6) is 5.75 Å². The second-order valence-electron chi connectivity index (χ2n) is 7.86. The number of rotatable bonds is 2. The zero-order valence-electron chi connectivity index (χ0n) is 16.5. The van der Waals surface area contributed by atoms with E-state index in [1.807, 2.05) is 39.0 Å². The van der Waals surface area contributed by atoms with E-state index in [1.165, 1.54) is 4.52 Å². The summed E-state index contributed by atoms with van der Waals surface area (Å²) in [5, 5.41) is 5.34. The molecule has 3 heterocycles. The number of para-hydroxylation sites is 1. The number of carbonyl (C=O) groups excluding carboxylic acids is 1. The van der Waals surface area contributed by atoms with Gasteiger partial charge in [0.25, 0.3) is 0 Å². The van der Waals surface area contributed by atoms with E-state index in [0.29, 0.717) is 29.3 Å². The summed E-state index contributed by atoms with van der Waals surface area (Å²) in [4.78, 5) is 23.4. The summed E-state index contributed by atoms with van der Waals surface area (Å²) in [6.45, 7) is 6.17. The number of likely N-dealkylation sites (tertiary alicyclic amines) is 1. The molecule has 9 nitrogen and oxygen atoms in total. The molecule has 1 fully saturated rings. The van der Waals surface area contributed by atoms with Crippen molar-refractivity contribution in [3.8, 4) is 5.75 Å². The quantitative estimate of drug-likeness (QED) is 0.723. The molecule has 1 amide bonds. The fourth-order valence-electron chi connectivity index (χ4n) is 3.52. The Kier molecular flexibility index (Phi) is 4.24. The molecule has 1 aromatic carbocycles. The van der Waals surface area contributed by atoms with E-state index in [-0.39, 0.29) is 18.1 Å². The lowest BCUT2D eigenvalue weighted by Gasteiger charge is -2.27. The molecule has 0 bridgehead atoms. The van der Waals surface area contributed by atoms with Crippen LogP contribution in [0.2, 0.25) is 0 Å². The highest BCUT2D eigenvalue weighted by Gasteiger charge is 2.36. The van der Waals surface area contributed by atoms with Gasteiger partial charge in [0.05, 0.1) is 13.2 Å². The molecule has 0 radical (unpaired) electrons. The van der Waals surface area contributed by atoms with Gasteiger partial charge in [-0.15, -0.1) is 5.10 Å². The topological polar surface area (TPSA) is 108 Å². The maximum absolute atomic E-state index is 12.6. The van der Waals surface area contributed by atoms with Gasteiger partial charge in [0.2, 0.25) is 5.95 Å². The minimum absolute atomic E-state index is 0.215. The Labute approximate surface area is 162 Å². The summed E-state index contributed by atoms with van der Waals surface area (Å²) < 4.78 is 12.4. The van der Waals surface area contributed by atoms with Gasteiger partial charge >= 0.3 is 6.09 Å². The zero-order valence-corrected chi connectivity index (χ0v) is 16.5. The van der Waals surface area contributed by atoms with Gasteiger partial charge in [-0.05, 0) is 45.7 Å². The number of nitrogens with two attached hydrogens (primary N) is 1. The van der Waals surface area contributed by atoms with Crippen LogP contribution in [0, 0.1) is 0 Å². The number of aromatic nitrogens is 4. The molecule has 0 unspecified atom stereocenters. The normalized spacial score (nSPS) is 17.4. The van der Waals surface area contributed by atoms with E-state index < -0.39 is 5.60 Å². The summed E-state index contributed by atoms with van der Waals surface area (Å²) in [6, 6.07) is 5.34. The van der Waals surface area contributed by atoms with E-state index in [0.717, 1.165) is 18.2 Å². The van der Waals surface area contributed by atoms with Gasteiger partial charge < -0.3 is 15.2 Å². The Morgan fingerprint density at radius 1 is 1.29 bits per heavy atom. The van der Waals surface area contributed by atoms with Crippen molar-refractivity contribution in [3.05, 3.63) is 24.0 Å². The van der Waals surface area contributed by atoms with Gasteiger partial charge in [0.15, 0.2) is 11.5 Å². The number of hydrogen-bond acceptors (Lipinski definition) is 7. The molecule has 28 heavy (non-hydrogen) atoms. The Morgan fingerprint density at radius 3 is 2.79 bits per heavy atom. The minimum atomic E-state index is -0.558. The number of amides is 1. The lowest BCUT2D eigenvalue weighted by Crippen LogP contribution is -2.36. The lowest BCUT2D eigenvalue weighted by molar-refractivity contribution is 0.0218. The van der Waals surface area contributed by atoms with Gasteiger partial charge in [-0.1, -0.05) is 6.07 Å². The SMILES string of the molecule is COc1cccc2c1nc(N)n1nc([C@H]3CCCN3C(=O)OC(C)(C)C)nc21. The van der Waals surface area contributed by atoms with Crippen LogP contribution in [-0.4, -0.2) is 49.8 Å². The van der Waals surface area contributed by atoms with Crippen LogP contribution in [0.25, 0.3) is 16.6 Å². The van der Waals surface area contributed by atoms with Gasteiger partial charge in [0, 0.05) is 11.9 Å². The molecular formula is C19H24N6O3. The summed E-state index contributed by atoms with van der Waals surface area (Å²) >= 11 is 0. The molecule has 0 spiro atoms. The number of carbonyl (C=O) groups is 1. The van der Waals surface area contributed by atoms with E-state index in [4.69, 9.17) is 20.2 Å². The smallest absolute Gasteiger partial charge is 0.410 e. The summed E-state index contributed by atoms with van der Waals surface area (Å²) in [7, 11) is 1.59. The van der Waals surface area contributed by atoms with Crippen LogP contribution in [0.1, 0.15) is 45.5 Å². The summed E-state index contributed by atoms with van der Waals surface area (Å²) in [6.07, 6.45) is 1.28. The first-order valence-corrected chi connectivity index (χ1v) is 9.27. The van der Waals surface area contributed by atoms with E-state index in [1.54, 1.807) is 12.0 Å². The molecule has 1 atom stereocenters. The number of nitrogen functional groups attached to an aromatic ring is 1. The first-order valence-electron chi connectivity index (χ1n) is 9.27. The average molecular weight is 384 g/mol. The van der Waals surface area contributed by atoms with Crippen LogP contribution in [-0.2, 0) is 4.74 Å². The summed E-state index contributed by atoms with van der Waals surface area (Å²) in [5.41, 5.74) is 6.79. The highest BCUT2D eigenvalue weighted by atomic mass is 16.6. The maximum Gasteiger partial charge on any atom is 0.410 e. The largest absolute Gasteiger partial charge is 0.494 e. The standard InChI is InChI=1S/C19H24N6O3/c1-19(2,3)28-18(26)24-10-6-8-12(24)15-22-16-11-7-5-9-13(27-4)14(11)21-17(20)25(16)23-15/h5,7,9,12H,6,8,10H2,1-4H3,(H2,20,21)/t12-/m1/s1. The Bertz CT molecular complexity index is 1060. The van der Waals surface area contributed by atoms with E-state index in [2.05, 4.69) is 10.1 Å². The van der Waals surface area contributed by atoms with E-state index >= 15 is 0 Å². The molecule has 1 aliphatic rings. The molecule has 1 saturated heterocycles. The van der Waals surface area contributed by atoms with Crippen LogP contribution >= 0.6 is 0 Å². The molecule has 9 heteroatoms. The van der Waals surface area contributed by atoms with Crippen molar-refractivity contribution in [2.45, 2.75) is 45.3 Å². The maximum atomic E-state index is 12.6. The molecule has 2 aromatic heterocycles. The minimum Gasteiger partial charge on any atom is -0.494 e. The molecular weight excluding hydrogens is 360 g/mol. The fourth-order valence-corrected chi connectivity index (χ4v) is 3.52. The van der Waals surface area contributed by atoms with Crippen molar-refractivity contribution in [2.75, 3.05) is 19.4 Å². The summed E-state index contributed by atoms with van der Waals surface area (Å²) in [5.74, 6) is 1.37. The van der Waals surface area contributed by atoms with Crippen molar-refractivity contribution in [3.63, 3.8) is 0 Å². The lowest BCUT2D eigenvalue weighted by atomic mass is 10.2. The zero-order chi connectivity index (χ0) is 20.1. The van der Waals surface area contributed by atoms with Gasteiger partial charge in [0.1, 0.15) is 16.9 Å². The molecule has 4 rings (SSSR count). The Hall–Kier alpha value is -3.10. The van der Waals surface area contributed by atoms with Crippen LogP contribution < -0.4 is 10.5 Å². The first-order chi connectivity index (χ1) is 13.3. The fraction of sp³-hybridized carbons (Fsp3) is 0.474. The molecule has 3 aromatic rings. The highest BCUT2D eigenvalue weighted by Crippen LogP contribution is 2.33. The third-order valence-corrected chi connectivity index (χ3v) is 4.71. The first kappa shape index (κ1) is 18.3. The number of ether oxygens (including phenoxy) is 2. The van der Waals surface area contributed by atoms with Crippen molar-refractivity contribution >= 4 is 28.6 Å². The van der Waals surface area contributed by atoms with Gasteiger partial charge in [-0.3, -0.25) is 4.90 Å². The van der Waals surface area contributed by atoms with Gasteiger partial charge in [-0.2, -0.15) is 4.52 Å². The highest BCUT2D eigenvalue weighted by molar-refractivity contribution is 5.95. The number of hydrogen-bond donors (Lipinski definition) is 1. The van der Waals surface area contributed by atoms with Gasteiger partial charge in [-0.25, -0.2) is 14.8 Å². The second kappa shape index (κ2) is 6.50. The average Bonchev–Trinajstić information content (AvgIpc) is 3.27. The number of benzene rings is 1. The third-order valence-electron chi connectivity index (χ3n) is 4.71. The number of nitrogens with zero attached hydrogens (tertiary/aromatic N) is 5. The molecule has 0 saturated carbocycles. The second-order valence-corrected chi connectivity index (χ2v) is 7.86. The third kappa shape index (κ3) is 3.06. The molecule has 2 N–H and O–H groups in total. The molecule has 0 aliphatic carbocycles. The van der Waals surface area contributed by atoms with Crippen LogP contribution in [0.15, 0.2) is 18.2 Å². The molecule has 1 aliphatic heterocycles. The van der Waals surface area contributed by atoms with Crippen molar-refractivity contribution in [1.82, 2.24) is 24.5 Å². The van der Waals surface area contributed by atoms with E-state index in [9.17, 15) is 4.79 Å². The number of anilines is 1. The van der Waals surface area contributed by atoms with Crippen molar-refractivity contribution in [2.24, 2.45) is 0 Å².